The van der Waals surface area contributed by atoms with E-state index in [4.69, 9.17) is 0 Å². The molecule has 1 atom stereocenters. The molecule has 1 fully saturated rings. The summed E-state index contributed by atoms with van der Waals surface area (Å²) in [4.78, 5) is 43.3. The second-order valence-electron chi connectivity index (χ2n) is 5.77. The number of carbonyl (C=O) groups excluding carboxylic acids is 2. The maximum atomic E-state index is 13.1. The molecule has 0 saturated carbocycles. The summed E-state index contributed by atoms with van der Waals surface area (Å²) in [5, 5.41) is 4.40. The first kappa shape index (κ1) is 16.9. The third-order valence-electron chi connectivity index (χ3n) is 4.02. The fourth-order valence-electron chi connectivity index (χ4n) is 2.75. The summed E-state index contributed by atoms with van der Waals surface area (Å²) in [5.74, 6) is -0.999. The largest absolute Gasteiger partial charge is 0.301 e. The van der Waals surface area contributed by atoms with Crippen molar-refractivity contribution in [2.24, 2.45) is 0 Å². The summed E-state index contributed by atoms with van der Waals surface area (Å²) < 4.78 is 13.1. The standard InChI is InChI=1S/C17H12FN3O3S2/c18-9-3-1-8(2-4-9)10-7-25-16-13(10)15(24)20-17(21-16)26-11-5-6-12(22)19-14(11)23/h1-4,7,11H,5-6H2,(H,19,22,23)(H,20,21,24). The van der Waals surface area contributed by atoms with Crippen LogP contribution in [0.4, 0.5) is 4.39 Å². The van der Waals surface area contributed by atoms with Crippen molar-refractivity contribution in [2.45, 2.75) is 23.2 Å². The van der Waals surface area contributed by atoms with Crippen LogP contribution in [-0.2, 0) is 9.59 Å². The number of nitrogens with zero attached hydrogens (tertiary/aromatic N) is 1. The monoisotopic (exact) mass is 389 g/mol. The molecule has 1 aliphatic rings. The average Bonchev–Trinajstić information content (AvgIpc) is 3.03. The number of halogens is 1. The number of carbonyl (C=O) groups is 2. The molecule has 0 bridgehead atoms. The zero-order chi connectivity index (χ0) is 18.3. The molecular formula is C17H12FN3O3S2. The van der Waals surface area contributed by atoms with E-state index in [0.717, 1.165) is 17.3 Å². The highest BCUT2D eigenvalue weighted by Gasteiger charge is 2.28. The number of thioether (sulfide) groups is 1. The number of hydrogen-bond acceptors (Lipinski definition) is 6. The van der Waals surface area contributed by atoms with Crippen molar-refractivity contribution in [3.05, 3.63) is 45.8 Å². The van der Waals surface area contributed by atoms with Gasteiger partial charge in [0.25, 0.3) is 5.56 Å². The number of benzene rings is 1. The topological polar surface area (TPSA) is 91.9 Å². The molecule has 1 unspecified atom stereocenters. The van der Waals surface area contributed by atoms with Crippen molar-refractivity contribution in [2.75, 3.05) is 0 Å². The van der Waals surface area contributed by atoms with E-state index in [1.165, 1.54) is 23.5 Å². The van der Waals surface area contributed by atoms with Crippen LogP contribution in [-0.4, -0.2) is 27.0 Å². The lowest BCUT2D eigenvalue weighted by molar-refractivity contribution is -0.132. The van der Waals surface area contributed by atoms with Crippen molar-refractivity contribution in [1.82, 2.24) is 15.3 Å². The molecule has 4 rings (SSSR count). The fourth-order valence-corrected chi connectivity index (χ4v) is 4.72. The Balaban J connectivity index is 1.68. The van der Waals surface area contributed by atoms with Crippen molar-refractivity contribution in [3.63, 3.8) is 0 Å². The highest BCUT2D eigenvalue weighted by atomic mass is 32.2. The number of nitrogens with one attached hydrogen (secondary N) is 2. The second-order valence-corrected chi connectivity index (χ2v) is 7.81. The maximum absolute atomic E-state index is 13.1. The first-order valence-corrected chi connectivity index (χ1v) is 9.55. The van der Waals surface area contributed by atoms with Gasteiger partial charge < -0.3 is 4.98 Å². The summed E-state index contributed by atoms with van der Waals surface area (Å²) in [6.45, 7) is 0. The minimum atomic E-state index is -0.468. The van der Waals surface area contributed by atoms with Gasteiger partial charge in [0, 0.05) is 17.4 Å². The third kappa shape index (κ3) is 3.15. The van der Waals surface area contributed by atoms with Crippen LogP contribution in [0.3, 0.4) is 0 Å². The van der Waals surface area contributed by atoms with E-state index in [0.29, 0.717) is 27.4 Å². The van der Waals surface area contributed by atoms with Crippen LogP contribution in [0.1, 0.15) is 12.8 Å². The zero-order valence-electron chi connectivity index (χ0n) is 13.2. The van der Waals surface area contributed by atoms with Crippen molar-refractivity contribution in [1.29, 1.82) is 0 Å². The zero-order valence-corrected chi connectivity index (χ0v) is 14.9. The number of rotatable bonds is 3. The summed E-state index contributed by atoms with van der Waals surface area (Å²) in [5.41, 5.74) is 1.11. The van der Waals surface area contributed by atoms with E-state index in [-0.39, 0.29) is 29.6 Å². The number of H-pyrrole nitrogens is 1. The molecular weight excluding hydrogens is 377 g/mol. The highest BCUT2D eigenvalue weighted by molar-refractivity contribution is 8.00. The molecule has 2 aromatic heterocycles. The van der Waals surface area contributed by atoms with E-state index < -0.39 is 5.25 Å². The number of thiophene rings is 1. The van der Waals surface area contributed by atoms with Gasteiger partial charge in [-0.2, -0.15) is 0 Å². The molecule has 0 spiro atoms. The Hall–Kier alpha value is -2.52. The van der Waals surface area contributed by atoms with Gasteiger partial charge in [-0.05, 0) is 24.1 Å². The number of imide groups is 1. The molecule has 6 nitrogen and oxygen atoms in total. The Bertz CT molecular complexity index is 1080. The van der Waals surface area contributed by atoms with Gasteiger partial charge in [0.05, 0.1) is 10.6 Å². The summed E-state index contributed by atoms with van der Waals surface area (Å²) in [6.07, 6.45) is 0.673. The molecule has 2 N–H and O–H groups in total. The molecule has 3 heterocycles. The van der Waals surface area contributed by atoms with Crippen LogP contribution in [0.25, 0.3) is 21.3 Å². The molecule has 1 aromatic carbocycles. The maximum Gasteiger partial charge on any atom is 0.260 e. The van der Waals surface area contributed by atoms with Gasteiger partial charge in [0.2, 0.25) is 11.8 Å². The van der Waals surface area contributed by atoms with Crippen molar-refractivity contribution < 1.29 is 14.0 Å². The predicted octanol–water partition coefficient (Wildman–Crippen LogP) is 2.69. The second kappa shape index (κ2) is 6.65. The van der Waals surface area contributed by atoms with E-state index >= 15 is 0 Å². The normalized spacial score (nSPS) is 17.5. The van der Waals surface area contributed by atoms with Crippen molar-refractivity contribution in [3.8, 4) is 11.1 Å². The smallest absolute Gasteiger partial charge is 0.260 e. The number of piperidine rings is 1. The summed E-state index contributed by atoms with van der Waals surface area (Å²) >= 11 is 2.45. The number of aromatic nitrogens is 2. The van der Waals surface area contributed by atoms with Gasteiger partial charge in [-0.15, -0.1) is 11.3 Å². The van der Waals surface area contributed by atoms with Crippen LogP contribution in [0.15, 0.2) is 39.6 Å². The molecule has 2 amide bonds. The Kier molecular flexibility index (Phi) is 4.33. The molecule has 132 valence electrons. The average molecular weight is 389 g/mol. The third-order valence-corrected chi connectivity index (χ3v) is 6.04. The number of aromatic amines is 1. The molecule has 9 heteroatoms. The van der Waals surface area contributed by atoms with Gasteiger partial charge in [-0.3, -0.25) is 19.7 Å². The van der Waals surface area contributed by atoms with E-state index in [1.54, 1.807) is 17.5 Å². The lowest BCUT2D eigenvalue weighted by Crippen LogP contribution is -2.42. The van der Waals surface area contributed by atoms with Crippen LogP contribution in [0.5, 0.6) is 0 Å². The minimum absolute atomic E-state index is 0.267. The summed E-state index contributed by atoms with van der Waals surface area (Å²) in [7, 11) is 0. The van der Waals surface area contributed by atoms with Gasteiger partial charge in [0.15, 0.2) is 5.16 Å². The SMILES string of the molecule is O=C1CCC(Sc2nc3scc(-c4ccc(F)cc4)c3c(=O)[nH]2)C(=O)N1. The molecule has 0 aliphatic carbocycles. The van der Waals surface area contributed by atoms with Crippen LogP contribution < -0.4 is 10.9 Å². The molecule has 1 saturated heterocycles. The Morgan fingerprint density at radius 3 is 2.69 bits per heavy atom. The Morgan fingerprint density at radius 1 is 1.19 bits per heavy atom. The number of hydrogen-bond donors (Lipinski definition) is 2. The van der Waals surface area contributed by atoms with Gasteiger partial charge in [0.1, 0.15) is 10.6 Å². The fraction of sp³-hybridized carbons (Fsp3) is 0.176. The first-order valence-electron chi connectivity index (χ1n) is 7.79. The molecule has 3 aromatic rings. The lowest BCUT2D eigenvalue weighted by Gasteiger charge is -2.19. The van der Waals surface area contributed by atoms with Gasteiger partial charge >= 0.3 is 0 Å². The van der Waals surface area contributed by atoms with Gasteiger partial charge in [-0.25, -0.2) is 9.37 Å². The van der Waals surface area contributed by atoms with E-state index in [9.17, 15) is 18.8 Å². The predicted molar refractivity (Wildman–Crippen MR) is 97.7 cm³/mol. The van der Waals surface area contributed by atoms with Crippen LogP contribution in [0, 0.1) is 5.82 Å². The molecule has 1 aliphatic heterocycles. The Labute approximate surface area is 154 Å². The Morgan fingerprint density at radius 2 is 1.96 bits per heavy atom. The van der Waals surface area contributed by atoms with Crippen LogP contribution >= 0.6 is 23.1 Å². The lowest BCUT2D eigenvalue weighted by atomic mass is 10.1. The minimum Gasteiger partial charge on any atom is -0.301 e. The highest BCUT2D eigenvalue weighted by Crippen LogP contribution is 2.32. The van der Waals surface area contributed by atoms with E-state index in [1.807, 2.05) is 0 Å². The number of amides is 2. The molecule has 0 radical (unpaired) electrons. The quantitative estimate of drug-likeness (QED) is 0.531. The van der Waals surface area contributed by atoms with E-state index in [2.05, 4.69) is 15.3 Å². The van der Waals surface area contributed by atoms with Gasteiger partial charge in [-0.1, -0.05) is 23.9 Å². The molecule has 26 heavy (non-hydrogen) atoms. The number of fused-ring (bicyclic) bond motifs is 1. The first-order chi connectivity index (χ1) is 12.5. The van der Waals surface area contributed by atoms with Crippen LogP contribution in [0.2, 0.25) is 0 Å². The summed E-state index contributed by atoms with van der Waals surface area (Å²) in [6, 6.07) is 5.91. The van der Waals surface area contributed by atoms with Crippen molar-refractivity contribution >= 4 is 45.1 Å².